The molecular formula is C16H25N3O. The number of carbonyl (C=O) groups is 1. The molecule has 0 atom stereocenters. The number of nitrogens with zero attached hydrogens (tertiary/aromatic N) is 1. The molecule has 1 fully saturated rings. The Balaban J connectivity index is 1.67. The van der Waals surface area contributed by atoms with Crippen LogP contribution < -0.4 is 10.6 Å². The minimum atomic E-state index is -0.0318. The molecule has 1 aliphatic carbocycles. The van der Waals surface area contributed by atoms with Crippen LogP contribution in [0.3, 0.4) is 0 Å². The maximum atomic E-state index is 10.9. The summed E-state index contributed by atoms with van der Waals surface area (Å²) in [6, 6.07) is 8.84. The van der Waals surface area contributed by atoms with Gasteiger partial charge in [-0.25, -0.2) is 0 Å². The zero-order chi connectivity index (χ0) is 14.4. The van der Waals surface area contributed by atoms with Crippen molar-refractivity contribution in [3.63, 3.8) is 0 Å². The van der Waals surface area contributed by atoms with E-state index in [4.69, 9.17) is 0 Å². The lowest BCUT2D eigenvalue weighted by atomic mass is 10.2. The molecule has 0 unspecified atom stereocenters. The van der Waals surface area contributed by atoms with Gasteiger partial charge in [0.15, 0.2) is 0 Å². The number of amides is 1. The largest absolute Gasteiger partial charge is 0.326 e. The second kappa shape index (κ2) is 7.41. The quantitative estimate of drug-likeness (QED) is 0.715. The van der Waals surface area contributed by atoms with Gasteiger partial charge in [0.25, 0.3) is 0 Å². The predicted molar refractivity (Wildman–Crippen MR) is 82.7 cm³/mol. The molecule has 1 amide bonds. The Morgan fingerprint density at radius 1 is 1.30 bits per heavy atom. The summed E-state index contributed by atoms with van der Waals surface area (Å²) in [5.41, 5.74) is 2.10. The molecule has 0 bridgehead atoms. The molecule has 4 nitrogen and oxygen atoms in total. The van der Waals surface area contributed by atoms with E-state index in [-0.39, 0.29) is 5.91 Å². The molecule has 1 aliphatic rings. The standard InChI is InChI=1S/C16H25N3O/c1-3-19(16-8-9-16)11-10-17-12-14-4-6-15(7-5-14)18-13(2)20/h4-7,16-17H,3,8-12H2,1-2H3,(H,18,20). The molecule has 0 spiro atoms. The van der Waals surface area contributed by atoms with Crippen molar-refractivity contribution < 1.29 is 4.79 Å². The second-order valence-corrected chi connectivity index (χ2v) is 5.41. The van der Waals surface area contributed by atoms with E-state index in [9.17, 15) is 4.79 Å². The molecule has 2 N–H and O–H groups in total. The number of benzene rings is 1. The van der Waals surface area contributed by atoms with E-state index in [0.717, 1.165) is 37.9 Å². The molecule has 4 heteroatoms. The summed E-state index contributed by atoms with van der Waals surface area (Å²) >= 11 is 0. The third-order valence-electron chi connectivity index (χ3n) is 3.65. The number of nitrogens with one attached hydrogen (secondary N) is 2. The van der Waals surface area contributed by atoms with Crippen LogP contribution in [0.15, 0.2) is 24.3 Å². The maximum absolute atomic E-state index is 10.9. The molecule has 110 valence electrons. The average molecular weight is 275 g/mol. The molecule has 0 aliphatic heterocycles. The number of anilines is 1. The molecule has 20 heavy (non-hydrogen) atoms. The van der Waals surface area contributed by atoms with Gasteiger partial charge < -0.3 is 10.6 Å². The van der Waals surface area contributed by atoms with Crippen LogP contribution in [0.1, 0.15) is 32.3 Å². The van der Waals surface area contributed by atoms with Crippen molar-refractivity contribution in [2.24, 2.45) is 0 Å². The first-order valence-electron chi connectivity index (χ1n) is 7.50. The van der Waals surface area contributed by atoms with E-state index in [2.05, 4.69) is 34.6 Å². The van der Waals surface area contributed by atoms with Crippen molar-refractivity contribution in [1.82, 2.24) is 10.2 Å². The van der Waals surface area contributed by atoms with E-state index in [1.807, 2.05) is 12.1 Å². The number of carbonyl (C=O) groups excluding carboxylic acids is 1. The molecule has 0 aromatic heterocycles. The highest BCUT2D eigenvalue weighted by Crippen LogP contribution is 2.25. The van der Waals surface area contributed by atoms with Crippen LogP contribution in [0, 0.1) is 0 Å². The highest BCUT2D eigenvalue weighted by molar-refractivity contribution is 5.88. The maximum Gasteiger partial charge on any atom is 0.221 e. The van der Waals surface area contributed by atoms with Crippen molar-refractivity contribution in [3.8, 4) is 0 Å². The molecular weight excluding hydrogens is 250 g/mol. The molecule has 0 heterocycles. The average Bonchev–Trinajstić information content (AvgIpc) is 3.24. The van der Waals surface area contributed by atoms with Gasteiger partial charge in [-0.3, -0.25) is 9.69 Å². The van der Waals surface area contributed by atoms with E-state index < -0.39 is 0 Å². The summed E-state index contributed by atoms with van der Waals surface area (Å²) < 4.78 is 0. The molecule has 1 aromatic carbocycles. The third-order valence-corrected chi connectivity index (χ3v) is 3.65. The van der Waals surface area contributed by atoms with Crippen LogP contribution in [0.4, 0.5) is 5.69 Å². The molecule has 0 saturated heterocycles. The summed E-state index contributed by atoms with van der Waals surface area (Å²) in [6.07, 6.45) is 2.75. The van der Waals surface area contributed by atoms with E-state index in [1.54, 1.807) is 0 Å². The lowest BCUT2D eigenvalue weighted by molar-refractivity contribution is -0.114. The van der Waals surface area contributed by atoms with Crippen molar-refractivity contribution in [2.75, 3.05) is 25.0 Å². The fourth-order valence-electron chi connectivity index (χ4n) is 2.40. The smallest absolute Gasteiger partial charge is 0.221 e. The van der Waals surface area contributed by atoms with E-state index in [1.165, 1.54) is 25.3 Å². The van der Waals surface area contributed by atoms with Crippen LogP contribution in [0.5, 0.6) is 0 Å². The monoisotopic (exact) mass is 275 g/mol. The number of hydrogen-bond donors (Lipinski definition) is 2. The zero-order valence-electron chi connectivity index (χ0n) is 12.5. The van der Waals surface area contributed by atoms with Crippen molar-refractivity contribution in [3.05, 3.63) is 29.8 Å². The van der Waals surface area contributed by atoms with Crippen LogP contribution in [-0.4, -0.2) is 36.5 Å². The molecule has 1 saturated carbocycles. The van der Waals surface area contributed by atoms with Gasteiger partial charge >= 0.3 is 0 Å². The lowest BCUT2D eigenvalue weighted by Gasteiger charge is -2.19. The number of likely N-dealkylation sites (N-methyl/N-ethyl adjacent to an activating group) is 1. The number of rotatable bonds is 8. The Bertz CT molecular complexity index is 426. The molecule has 1 aromatic rings. The summed E-state index contributed by atoms with van der Waals surface area (Å²) in [5, 5.41) is 6.26. The first kappa shape index (κ1) is 15.0. The van der Waals surface area contributed by atoms with Gasteiger partial charge in [0.1, 0.15) is 0 Å². The minimum Gasteiger partial charge on any atom is -0.326 e. The first-order valence-corrected chi connectivity index (χ1v) is 7.50. The lowest BCUT2D eigenvalue weighted by Crippen LogP contribution is -2.33. The Hall–Kier alpha value is -1.39. The Labute approximate surface area is 121 Å². The number of hydrogen-bond acceptors (Lipinski definition) is 3. The van der Waals surface area contributed by atoms with Gasteiger partial charge in [-0.05, 0) is 37.1 Å². The summed E-state index contributed by atoms with van der Waals surface area (Å²) in [4.78, 5) is 13.5. The highest BCUT2D eigenvalue weighted by atomic mass is 16.1. The summed E-state index contributed by atoms with van der Waals surface area (Å²) in [5.74, 6) is -0.0318. The van der Waals surface area contributed by atoms with Crippen molar-refractivity contribution in [1.29, 1.82) is 0 Å². The van der Waals surface area contributed by atoms with Crippen molar-refractivity contribution >= 4 is 11.6 Å². The minimum absolute atomic E-state index is 0.0318. The van der Waals surface area contributed by atoms with E-state index in [0.29, 0.717) is 0 Å². The summed E-state index contributed by atoms with van der Waals surface area (Å²) in [7, 11) is 0. The SMILES string of the molecule is CCN(CCNCc1ccc(NC(C)=O)cc1)C1CC1. The normalized spacial score (nSPS) is 14.6. The van der Waals surface area contributed by atoms with E-state index >= 15 is 0 Å². The zero-order valence-corrected chi connectivity index (χ0v) is 12.5. The van der Waals surface area contributed by atoms with Gasteiger partial charge in [0, 0.05) is 38.3 Å². The fraction of sp³-hybridized carbons (Fsp3) is 0.562. The topological polar surface area (TPSA) is 44.4 Å². The van der Waals surface area contributed by atoms with Gasteiger partial charge in [-0.2, -0.15) is 0 Å². The van der Waals surface area contributed by atoms with Gasteiger partial charge in [-0.1, -0.05) is 19.1 Å². The molecule has 0 radical (unpaired) electrons. The fourth-order valence-corrected chi connectivity index (χ4v) is 2.40. The van der Waals surface area contributed by atoms with Crippen LogP contribution in [0.2, 0.25) is 0 Å². The second-order valence-electron chi connectivity index (χ2n) is 5.41. The van der Waals surface area contributed by atoms with Gasteiger partial charge in [0.05, 0.1) is 0 Å². The van der Waals surface area contributed by atoms with Crippen LogP contribution in [0.25, 0.3) is 0 Å². The van der Waals surface area contributed by atoms with Crippen molar-refractivity contribution in [2.45, 2.75) is 39.3 Å². The summed E-state index contributed by atoms with van der Waals surface area (Å²) in [6.45, 7) is 7.94. The van der Waals surface area contributed by atoms with Crippen LogP contribution in [-0.2, 0) is 11.3 Å². The highest BCUT2D eigenvalue weighted by Gasteiger charge is 2.26. The molecule has 2 rings (SSSR count). The Morgan fingerprint density at radius 3 is 2.55 bits per heavy atom. The van der Waals surface area contributed by atoms with Gasteiger partial charge in [0.2, 0.25) is 5.91 Å². The van der Waals surface area contributed by atoms with Crippen LogP contribution >= 0.6 is 0 Å². The predicted octanol–water partition coefficient (Wildman–Crippen LogP) is 2.22. The first-order chi connectivity index (χ1) is 9.69. The Kier molecular flexibility index (Phi) is 5.56. The van der Waals surface area contributed by atoms with Gasteiger partial charge in [-0.15, -0.1) is 0 Å². The third kappa shape index (κ3) is 4.94. The Morgan fingerprint density at radius 2 is 2.00 bits per heavy atom.